The molecule has 2 heterocycles. The first-order valence-electron chi connectivity index (χ1n) is 7.34. The van der Waals surface area contributed by atoms with Crippen LogP contribution in [0.15, 0.2) is 0 Å². The number of thioether (sulfide) groups is 1. The molecular weight excluding hydrogens is 310 g/mol. The van der Waals surface area contributed by atoms with E-state index in [0.717, 1.165) is 12.3 Å². The molecule has 0 amide bonds. The minimum Gasteiger partial charge on any atom is -0.390 e. The Balaban J connectivity index is 2.19. The minimum atomic E-state index is -3.12. The molecule has 0 bridgehead atoms. The van der Waals surface area contributed by atoms with Gasteiger partial charge < -0.3 is 9.84 Å². The standard InChI is InChI=1S/C14H27NO4S2/c1-13(2)10(12(16)14(3,4)19-13)8-15-6-7-20-9-11(15)21(5,17)18/h10-12,16H,6-9H2,1-5H3. The zero-order valence-corrected chi connectivity index (χ0v) is 15.1. The molecule has 2 rings (SSSR count). The second-order valence-electron chi connectivity index (χ2n) is 7.21. The van der Waals surface area contributed by atoms with Gasteiger partial charge in [-0.2, -0.15) is 11.8 Å². The van der Waals surface area contributed by atoms with Crippen molar-refractivity contribution in [3.8, 4) is 0 Å². The van der Waals surface area contributed by atoms with E-state index in [4.69, 9.17) is 4.74 Å². The van der Waals surface area contributed by atoms with Gasteiger partial charge in [0, 0.05) is 36.8 Å². The normalized spacial score (nSPS) is 36.8. The molecule has 3 unspecified atom stereocenters. The van der Waals surface area contributed by atoms with Crippen molar-refractivity contribution in [3.63, 3.8) is 0 Å². The lowest BCUT2D eigenvalue weighted by atomic mass is 9.84. The molecule has 0 radical (unpaired) electrons. The summed E-state index contributed by atoms with van der Waals surface area (Å²) >= 11 is 1.68. The van der Waals surface area contributed by atoms with Crippen LogP contribution in [0.2, 0.25) is 0 Å². The lowest BCUT2D eigenvalue weighted by Crippen LogP contribution is -2.52. The van der Waals surface area contributed by atoms with Gasteiger partial charge in [-0.15, -0.1) is 0 Å². The summed E-state index contributed by atoms with van der Waals surface area (Å²) in [6.45, 7) is 9.02. The largest absolute Gasteiger partial charge is 0.390 e. The maximum absolute atomic E-state index is 12.0. The molecule has 2 fully saturated rings. The smallest absolute Gasteiger partial charge is 0.164 e. The Labute approximate surface area is 132 Å². The summed E-state index contributed by atoms with van der Waals surface area (Å²) in [5, 5.41) is 10.1. The lowest BCUT2D eigenvalue weighted by Gasteiger charge is -2.38. The van der Waals surface area contributed by atoms with E-state index in [-0.39, 0.29) is 5.92 Å². The highest BCUT2D eigenvalue weighted by molar-refractivity contribution is 8.00. The lowest BCUT2D eigenvalue weighted by molar-refractivity contribution is -0.0913. The molecule has 2 saturated heterocycles. The third-order valence-corrected chi connectivity index (χ3v) is 7.32. The van der Waals surface area contributed by atoms with Crippen molar-refractivity contribution in [2.45, 2.75) is 50.4 Å². The van der Waals surface area contributed by atoms with Crippen LogP contribution >= 0.6 is 11.8 Å². The van der Waals surface area contributed by atoms with Crippen molar-refractivity contribution < 1.29 is 18.3 Å². The molecule has 0 aromatic heterocycles. The monoisotopic (exact) mass is 337 g/mol. The van der Waals surface area contributed by atoms with E-state index in [9.17, 15) is 13.5 Å². The highest BCUT2D eigenvalue weighted by Crippen LogP contribution is 2.43. The molecular formula is C14H27NO4S2. The maximum atomic E-state index is 12.0. The van der Waals surface area contributed by atoms with Gasteiger partial charge in [-0.25, -0.2) is 8.42 Å². The number of sulfone groups is 1. The van der Waals surface area contributed by atoms with E-state index in [1.807, 2.05) is 32.6 Å². The molecule has 0 spiro atoms. The molecule has 124 valence electrons. The quantitative estimate of drug-likeness (QED) is 0.828. The number of aliphatic hydroxyl groups is 1. The Hall–Kier alpha value is 0.180. The fourth-order valence-corrected chi connectivity index (χ4v) is 6.42. The predicted molar refractivity (Wildman–Crippen MR) is 86.3 cm³/mol. The Bertz CT molecular complexity index is 489. The topological polar surface area (TPSA) is 66.8 Å². The summed E-state index contributed by atoms with van der Waals surface area (Å²) in [7, 11) is -3.12. The molecule has 3 atom stereocenters. The van der Waals surface area contributed by atoms with Crippen LogP contribution in [-0.4, -0.2) is 72.0 Å². The first kappa shape index (κ1) is 17.5. The number of hydrogen-bond acceptors (Lipinski definition) is 6. The van der Waals surface area contributed by atoms with Crippen LogP contribution in [0.3, 0.4) is 0 Å². The Morgan fingerprint density at radius 2 is 1.90 bits per heavy atom. The second-order valence-corrected chi connectivity index (χ2v) is 10.6. The van der Waals surface area contributed by atoms with Gasteiger partial charge in [0.2, 0.25) is 0 Å². The fourth-order valence-electron chi connectivity index (χ4n) is 3.47. The zero-order valence-electron chi connectivity index (χ0n) is 13.5. The van der Waals surface area contributed by atoms with Gasteiger partial charge in [0.25, 0.3) is 0 Å². The summed E-state index contributed by atoms with van der Waals surface area (Å²) in [5.74, 6) is 1.44. The van der Waals surface area contributed by atoms with Crippen molar-refractivity contribution in [1.82, 2.24) is 4.90 Å². The molecule has 2 aliphatic heterocycles. The van der Waals surface area contributed by atoms with E-state index in [1.54, 1.807) is 11.8 Å². The second kappa shape index (κ2) is 5.67. The summed E-state index contributed by atoms with van der Waals surface area (Å²) in [6.07, 6.45) is 0.704. The third kappa shape index (κ3) is 3.58. The maximum Gasteiger partial charge on any atom is 0.164 e. The molecule has 0 aromatic carbocycles. The van der Waals surface area contributed by atoms with E-state index in [0.29, 0.717) is 12.3 Å². The van der Waals surface area contributed by atoms with Crippen molar-refractivity contribution in [2.75, 3.05) is 30.9 Å². The zero-order chi connectivity index (χ0) is 16.1. The summed E-state index contributed by atoms with van der Waals surface area (Å²) < 4.78 is 30.0. The summed E-state index contributed by atoms with van der Waals surface area (Å²) in [5.41, 5.74) is -1.06. The number of hydrogen-bond donors (Lipinski definition) is 1. The third-order valence-electron chi connectivity index (χ3n) is 4.63. The number of rotatable bonds is 3. The first-order chi connectivity index (χ1) is 9.45. The average Bonchev–Trinajstić information content (AvgIpc) is 2.47. The molecule has 1 N–H and O–H groups in total. The van der Waals surface area contributed by atoms with Crippen LogP contribution in [0.25, 0.3) is 0 Å². The van der Waals surface area contributed by atoms with Crippen molar-refractivity contribution in [3.05, 3.63) is 0 Å². The first-order valence-corrected chi connectivity index (χ1v) is 10.4. The molecule has 2 aliphatic rings. The molecule has 0 saturated carbocycles. The summed E-state index contributed by atoms with van der Waals surface area (Å²) in [4.78, 5) is 2.01. The number of aliphatic hydroxyl groups excluding tert-OH is 1. The van der Waals surface area contributed by atoms with E-state index in [2.05, 4.69) is 0 Å². The SMILES string of the molecule is CC1(C)OC(C)(C)C(CN2CCSCC2S(C)(=O)=O)C1O. The van der Waals surface area contributed by atoms with Crippen LogP contribution in [0.4, 0.5) is 0 Å². The summed E-state index contributed by atoms with van der Waals surface area (Å²) in [6, 6.07) is 0. The fraction of sp³-hybridized carbons (Fsp3) is 1.00. The Morgan fingerprint density at radius 3 is 2.38 bits per heavy atom. The van der Waals surface area contributed by atoms with Crippen LogP contribution in [0, 0.1) is 5.92 Å². The molecule has 0 aromatic rings. The molecule has 5 nitrogen and oxygen atoms in total. The van der Waals surface area contributed by atoms with E-state index in [1.165, 1.54) is 6.26 Å². The Morgan fingerprint density at radius 1 is 1.29 bits per heavy atom. The van der Waals surface area contributed by atoms with Gasteiger partial charge >= 0.3 is 0 Å². The average molecular weight is 338 g/mol. The van der Waals surface area contributed by atoms with Crippen molar-refractivity contribution in [1.29, 1.82) is 0 Å². The van der Waals surface area contributed by atoms with Gasteiger partial charge in [0.1, 0.15) is 5.37 Å². The van der Waals surface area contributed by atoms with Crippen LogP contribution < -0.4 is 0 Å². The van der Waals surface area contributed by atoms with Crippen LogP contribution in [-0.2, 0) is 14.6 Å². The van der Waals surface area contributed by atoms with Gasteiger partial charge in [-0.05, 0) is 27.7 Å². The highest BCUT2D eigenvalue weighted by Gasteiger charge is 2.54. The van der Waals surface area contributed by atoms with Gasteiger partial charge in [0.05, 0.1) is 17.3 Å². The van der Waals surface area contributed by atoms with Crippen molar-refractivity contribution >= 4 is 21.6 Å². The Kier molecular flexibility index (Phi) is 4.73. The number of ether oxygens (including phenoxy) is 1. The van der Waals surface area contributed by atoms with Crippen molar-refractivity contribution in [2.24, 2.45) is 5.92 Å². The molecule has 7 heteroatoms. The predicted octanol–water partition coefficient (Wildman–Crippen LogP) is 0.970. The molecule has 21 heavy (non-hydrogen) atoms. The van der Waals surface area contributed by atoms with E-state index >= 15 is 0 Å². The number of nitrogens with zero attached hydrogens (tertiary/aromatic N) is 1. The minimum absolute atomic E-state index is 0.0974. The van der Waals surface area contributed by atoms with Gasteiger partial charge in [0.15, 0.2) is 9.84 Å². The van der Waals surface area contributed by atoms with Gasteiger partial charge in [-0.1, -0.05) is 0 Å². The van der Waals surface area contributed by atoms with Gasteiger partial charge in [-0.3, -0.25) is 4.90 Å². The van der Waals surface area contributed by atoms with Crippen LogP contribution in [0.5, 0.6) is 0 Å². The van der Waals surface area contributed by atoms with E-state index < -0.39 is 32.5 Å². The molecule has 0 aliphatic carbocycles. The van der Waals surface area contributed by atoms with Crippen LogP contribution in [0.1, 0.15) is 27.7 Å². The highest BCUT2D eigenvalue weighted by atomic mass is 32.2.